The Labute approximate surface area is 120 Å². The zero-order valence-corrected chi connectivity index (χ0v) is 11.9. The van der Waals surface area contributed by atoms with Crippen molar-refractivity contribution in [3.05, 3.63) is 58.5 Å². The van der Waals surface area contributed by atoms with Crippen LogP contribution in [0, 0.1) is 0 Å². The van der Waals surface area contributed by atoms with Crippen LogP contribution in [-0.4, -0.2) is 11.1 Å². The SMILES string of the molecule is CC(SCc1ccccc1Cl)c1ccc(C(=O)O)o1. The molecule has 0 amide bonds. The van der Waals surface area contributed by atoms with Gasteiger partial charge in [0.25, 0.3) is 0 Å². The summed E-state index contributed by atoms with van der Waals surface area (Å²) >= 11 is 7.74. The number of carboxylic acid groups (broad SMARTS) is 1. The fourth-order valence-electron chi connectivity index (χ4n) is 1.60. The second kappa shape index (κ2) is 6.17. The highest BCUT2D eigenvalue weighted by molar-refractivity contribution is 7.98. The first-order valence-corrected chi connectivity index (χ1v) is 7.18. The van der Waals surface area contributed by atoms with Crippen LogP contribution >= 0.6 is 23.4 Å². The van der Waals surface area contributed by atoms with Crippen LogP contribution in [0.15, 0.2) is 40.8 Å². The van der Waals surface area contributed by atoms with E-state index in [1.165, 1.54) is 6.07 Å². The van der Waals surface area contributed by atoms with E-state index in [1.807, 2.05) is 31.2 Å². The van der Waals surface area contributed by atoms with Crippen molar-refractivity contribution in [1.29, 1.82) is 0 Å². The van der Waals surface area contributed by atoms with Crippen molar-refractivity contribution < 1.29 is 14.3 Å². The van der Waals surface area contributed by atoms with Gasteiger partial charge in [0.1, 0.15) is 5.76 Å². The first-order valence-electron chi connectivity index (χ1n) is 5.76. The molecule has 0 spiro atoms. The molecule has 1 unspecified atom stereocenters. The summed E-state index contributed by atoms with van der Waals surface area (Å²) in [5.74, 6) is 0.341. The summed E-state index contributed by atoms with van der Waals surface area (Å²) in [6.45, 7) is 1.98. The Morgan fingerprint density at radius 1 is 1.37 bits per heavy atom. The molecule has 2 aromatic rings. The zero-order valence-electron chi connectivity index (χ0n) is 10.3. The third kappa shape index (κ3) is 3.55. The standard InChI is InChI=1S/C14H13ClO3S/c1-9(12-6-7-13(18-12)14(16)17)19-8-10-4-2-3-5-11(10)15/h2-7,9H,8H2,1H3,(H,16,17). The summed E-state index contributed by atoms with van der Waals surface area (Å²) in [4.78, 5) is 10.7. The molecule has 2 rings (SSSR count). The number of benzene rings is 1. The van der Waals surface area contributed by atoms with Gasteiger partial charge in [-0.15, -0.1) is 11.8 Å². The zero-order chi connectivity index (χ0) is 13.8. The number of furan rings is 1. The van der Waals surface area contributed by atoms with E-state index >= 15 is 0 Å². The van der Waals surface area contributed by atoms with E-state index in [0.29, 0.717) is 5.76 Å². The smallest absolute Gasteiger partial charge is 0.371 e. The third-order valence-electron chi connectivity index (χ3n) is 2.68. The predicted molar refractivity (Wildman–Crippen MR) is 76.8 cm³/mol. The highest BCUT2D eigenvalue weighted by Gasteiger charge is 2.15. The Morgan fingerprint density at radius 2 is 2.11 bits per heavy atom. The first kappa shape index (κ1) is 14.0. The van der Waals surface area contributed by atoms with Gasteiger partial charge in [0, 0.05) is 10.8 Å². The second-order valence-corrected chi connectivity index (χ2v) is 5.79. The Kier molecular flexibility index (Phi) is 4.56. The number of halogens is 1. The molecule has 19 heavy (non-hydrogen) atoms. The van der Waals surface area contributed by atoms with Crippen LogP contribution < -0.4 is 0 Å². The van der Waals surface area contributed by atoms with Crippen molar-refractivity contribution in [3.8, 4) is 0 Å². The van der Waals surface area contributed by atoms with Crippen molar-refractivity contribution in [2.24, 2.45) is 0 Å². The minimum Gasteiger partial charge on any atom is -0.475 e. The maximum absolute atomic E-state index is 10.7. The van der Waals surface area contributed by atoms with Gasteiger partial charge in [0.05, 0.1) is 5.25 Å². The van der Waals surface area contributed by atoms with Crippen LogP contribution in [0.1, 0.15) is 34.1 Å². The number of thioether (sulfide) groups is 1. The third-order valence-corrected chi connectivity index (χ3v) is 4.26. The molecule has 0 saturated heterocycles. The summed E-state index contributed by atoms with van der Waals surface area (Å²) in [6, 6.07) is 10.9. The molecule has 1 N–H and O–H groups in total. The maximum atomic E-state index is 10.7. The summed E-state index contributed by atoms with van der Waals surface area (Å²) in [5.41, 5.74) is 1.06. The summed E-state index contributed by atoms with van der Waals surface area (Å²) in [5, 5.41) is 9.62. The van der Waals surface area contributed by atoms with Gasteiger partial charge in [0.15, 0.2) is 0 Å². The van der Waals surface area contributed by atoms with E-state index in [-0.39, 0.29) is 11.0 Å². The highest BCUT2D eigenvalue weighted by atomic mass is 35.5. The maximum Gasteiger partial charge on any atom is 0.371 e. The Balaban J connectivity index is 1.99. The van der Waals surface area contributed by atoms with Gasteiger partial charge in [-0.25, -0.2) is 4.79 Å². The first-order chi connectivity index (χ1) is 9.08. The number of carboxylic acids is 1. The molecule has 100 valence electrons. The van der Waals surface area contributed by atoms with Gasteiger partial charge in [-0.1, -0.05) is 29.8 Å². The van der Waals surface area contributed by atoms with E-state index in [1.54, 1.807) is 17.8 Å². The lowest BCUT2D eigenvalue weighted by molar-refractivity contribution is 0.0660. The number of rotatable bonds is 5. The normalized spacial score (nSPS) is 12.3. The largest absolute Gasteiger partial charge is 0.475 e. The molecule has 0 aliphatic carbocycles. The van der Waals surface area contributed by atoms with Gasteiger partial charge in [-0.3, -0.25) is 0 Å². The summed E-state index contributed by atoms with van der Waals surface area (Å²) < 4.78 is 5.27. The van der Waals surface area contributed by atoms with Crippen LogP contribution in [0.25, 0.3) is 0 Å². The number of aromatic carboxylic acids is 1. The van der Waals surface area contributed by atoms with Crippen LogP contribution in [0.5, 0.6) is 0 Å². The molecular formula is C14H13ClO3S. The average Bonchev–Trinajstić information content (AvgIpc) is 2.87. The van der Waals surface area contributed by atoms with Crippen LogP contribution in [-0.2, 0) is 5.75 Å². The molecule has 3 nitrogen and oxygen atoms in total. The molecule has 0 saturated carbocycles. The monoisotopic (exact) mass is 296 g/mol. The predicted octanol–water partition coefficient (Wildman–Crippen LogP) is 4.63. The van der Waals surface area contributed by atoms with Crippen LogP contribution in [0.2, 0.25) is 5.02 Å². The van der Waals surface area contributed by atoms with Gasteiger partial charge in [0.2, 0.25) is 5.76 Å². The molecular weight excluding hydrogens is 284 g/mol. The van der Waals surface area contributed by atoms with Gasteiger partial charge < -0.3 is 9.52 Å². The van der Waals surface area contributed by atoms with Crippen molar-refractivity contribution in [1.82, 2.24) is 0 Å². The van der Waals surface area contributed by atoms with Crippen molar-refractivity contribution in [3.63, 3.8) is 0 Å². The quantitative estimate of drug-likeness (QED) is 0.874. The topological polar surface area (TPSA) is 50.4 Å². The minimum atomic E-state index is -1.05. The van der Waals surface area contributed by atoms with Gasteiger partial charge in [-0.2, -0.15) is 0 Å². The number of carbonyl (C=O) groups is 1. The van der Waals surface area contributed by atoms with Crippen LogP contribution in [0.3, 0.4) is 0 Å². The Hall–Kier alpha value is -1.39. The highest BCUT2D eigenvalue weighted by Crippen LogP contribution is 2.33. The van der Waals surface area contributed by atoms with Crippen molar-refractivity contribution in [2.45, 2.75) is 17.9 Å². The molecule has 1 aromatic heterocycles. The fourth-order valence-corrected chi connectivity index (χ4v) is 2.85. The molecule has 1 aromatic carbocycles. The second-order valence-electron chi connectivity index (χ2n) is 4.05. The lowest BCUT2D eigenvalue weighted by Crippen LogP contribution is -1.93. The van der Waals surface area contributed by atoms with Crippen molar-refractivity contribution >= 4 is 29.3 Å². The molecule has 0 bridgehead atoms. The molecule has 0 aliphatic heterocycles. The van der Waals surface area contributed by atoms with Gasteiger partial charge in [-0.05, 0) is 30.7 Å². The lowest BCUT2D eigenvalue weighted by atomic mass is 10.2. The van der Waals surface area contributed by atoms with E-state index in [9.17, 15) is 4.79 Å². The summed E-state index contributed by atoms with van der Waals surface area (Å²) in [6.07, 6.45) is 0. The molecule has 1 atom stereocenters. The van der Waals surface area contributed by atoms with E-state index in [2.05, 4.69) is 0 Å². The average molecular weight is 297 g/mol. The molecule has 0 radical (unpaired) electrons. The van der Waals surface area contributed by atoms with Gasteiger partial charge >= 0.3 is 5.97 Å². The Morgan fingerprint density at radius 3 is 2.74 bits per heavy atom. The fraction of sp³-hybridized carbons (Fsp3) is 0.214. The summed E-state index contributed by atoms with van der Waals surface area (Å²) in [7, 11) is 0. The van der Waals surface area contributed by atoms with E-state index in [0.717, 1.165) is 16.3 Å². The number of hydrogen-bond donors (Lipinski definition) is 1. The lowest BCUT2D eigenvalue weighted by Gasteiger charge is -2.09. The molecule has 0 aliphatic rings. The molecule has 0 fully saturated rings. The van der Waals surface area contributed by atoms with Crippen LogP contribution in [0.4, 0.5) is 0 Å². The number of hydrogen-bond acceptors (Lipinski definition) is 3. The van der Waals surface area contributed by atoms with E-state index < -0.39 is 5.97 Å². The minimum absolute atomic E-state index is 0.0276. The molecule has 1 heterocycles. The molecule has 5 heteroatoms. The van der Waals surface area contributed by atoms with E-state index in [4.69, 9.17) is 21.1 Å². The Bertz CT molecular complexity index is 580. The van der Waals surface area contributed by atoms with Crippen molar-refractivity contribution in [2.75, 3.05) is 0 Å².